The maximum Gasteiger partial charge on any atom is 0.286 e. The van der Waals surface area contributed by atoms with Crippen molar-refractivity contribution in [3.63, 3.8) is 0 Å². The second-order valence-electron chi connectivity index (χ2n) is 6.53. The van der Waals surface area contributed by atoms with Gasteiger partial charge in [-0.25, -0.2) is 4.39 Å². The number of anilines is 1. The van der Waals surface area contributed by atoms with E-state index in [1.165, 1.54) is 17.8 Å². The van der Waals surface area contributed by atoms with E-state index >= 15 is 0 Å². The Morgan fingerprint density at radius 1 is 0.929 bits per heavy atom. The zero-order chi connectivity index (χ0) is 19.3. The summed E-state index contributed by atoms with van der Waals surface area (Å²) in [5, 5.41) is 0.734. The summed E-state index contributed by atoms with van der Waals surface area (Å²) >= 11 is 1.40. The van der Waals surface area contributed by atoms with Crippen molar-refractivity contribution in [2.45, 2.75) is 0 Å². The molecule has 1 saturated heterocycles. The Hall–Kier alpha value is -2.86. The van der Waals surface area contributed by atoms with E-state index in [0.29, 0.717) is 36.8 Å². The minimum absolute atomic E-state index is 0.200. The minimum atomic E-state index is -0.200. The highest BCUT2D eigenvalue weighted by Gasteiger charge is 2.28. The van der Waals surface area contributed by atoms with Crippen LogP contribution in [-0.2, 0) is 4.79 Å². The van der Waals surface area contributed by atoms with Crippen molar-refractivity contribution in [2.24, 2.45) is 4.99 Å². The van der Waals surface area contributed by atoms with Gasteiger partial charge in [0.15, 0.2) is 5.17 Å². The van der Waals surface area contributed by atoms with E-state index in [2.05, 4.69) is 9.89 Å². The Kier molecular flexibility index (Phi) is 5.58. The molecule has 0 aliphatic carbocycles. The van der Waals surface area contributed by atoms with Gasteiger partial charge in [0.05, 0.1) is 10.6 Å². The van der Waals surface area contributed by atoms with Gasteiger partial charge in [-0.3, -0.25) is 4.79 Å². The number of rotatable bonds is 3. The molecule has 2 aliphatic heterocycles. The number of hydrogen-bond acceptors (Lipinski definition) is 4. The molecule has 0 radical (unpaired) electrons. The van der Waals surface area contributed by atoms with Crippen LogP contribution in [-0.4, -0.2) is 42.2 Å². The third-order valence-electron chi connectivity index (χ3n) is 4.69. The quantitative estimate of drug-likeness (QED) is 0.733. The van der Waals surface area contributed by atoms with E-state index in [1.807, 2.05) is 59.5 Å². The van der Waals surface area contributed by atoms with Crippen molar-refractivity contribution in [2.75, 3.05) is 31.1 Å². The highest BCUT2D eigenvalue weighted by atomic mass is 32.2. The molecule has 0 atom stereocenters. The van der Waals surface area contributed by atoms with Crippen molar-refractivity contribution >= 4 is 34.6 Å². The predicted molar refractivity (Wildman–Crippen MR) is 114 cm³/mol. The van der Waals surface area contributed by atoms with E-state index in [1.54, 1.807) is 12.1 Å². The Morgan fingerprint density at radius 2 is 1.61 bits per heavy atom. The second-order valence-corrected chi connectivity index (χ2v) is 7.54. The Labute approximate surface area is 168 Å². The number of carbonyl (C=O) groups excluding carboxylic acids is 1. The molecule has 0 N–H and O–H groups in total. The maximum atomic E-state index is 14.0. The zero-order valence-corrected chi connectivity index (χ0v) is 16.1. The molecule has 0 unspecified atom stereocenters. The molecule has 2 aromatic rings. The number of amides is 1. The lowest BCUT2D eigenvalue weighted by molar-refractivity contribution is -0.113. The van der Waals surface area contributed by atoms with E-state index in [9.17, 15) is 9.18 Å². The first-order chi connectivity index (χ1) is 13.7. The SMILES string of the molecule is O=C1N=C(N2CCN(c3ccccc3F)CC2)S/C1=C\C=C\c1ccccc1. The summed E-state index contributed by atoms with van der Waals surface area (Å²) in [5.41, 5.74) is 1.71. The monoisotopic (exact) mass is 393 g/mol. The van der Waals surface area contributed by atoms with Crippen LogP contribution in [0, 0.1) is 5.82 Å². The highest BCUT2D eigenvalue weighted by molar-refractivity contribution is 8.18. The maximum absolute atomic E-state index is 14.0. The molecule has 0 bridgehead atoms. The van der Waals surface area contributed by atoms with Gasteiger partial charge in [0, 0.05) is 26.2 Å². The molecule has 0 spiro atoms. The summed E-state index contributed by atoms with van der Waals surface area (Å²) in [7, 11) is 0. The molecule has 1 fully saturated rings. The van der Waals surface area contributed by atoms with E-state index < -0.39 is 0 Å². The van der Waals surface area contributed by atoms with Crippen molar-refractivity contribution in [3.8, 4) is 0 Å². The lowest BCUT2D eigenvalue weighted by Crippen LogP contribution is -2.48. The molecular formula is C22H20FN3OS. The lowest BCUT2D eigenvalue weighted by Gasteiger charge is -2.36. The number of halogens is 1. The van der Waals surface area contributed by atoms with Gasteiger partial charge in [-0.1, -0.05) is 54.6 Å². The van der Waals surface area contributed by atoms with Crippen molar-refractivity contribution in [3.05, 3.63) is 83.0 Å². The lowest BCUT2D eigenvalue weighted by atomic mass is 10.2. The van der Waals surface area contributed by atoms with Crippen LogP contribution >= 0.6 is 11.8 Å². The van der Waals surface area contributed by atoms with Gasteiger partial charge in [-0.2, -0.15) is 4.99 Å². The standard InChI is InChI=1S/C22H20FN3OS/c23-18-10-4-5-11-19(18)25-13-15-26(16-14-25)22-24-21(27)20(28-22)12-6-9-17-7-2-1-3-8-17/h1-12H,13-16H2/b9-6+,20-12-. The molecule has 2 aromatic carbocycles. The topological polar surface area (TPSA) is 35.9 Å². The van der Waals surface area contributed by atoms with Crippen molar-refractivity contribution < 1.29 is 9.18 Å². The Balaban J connectivity index is 1.36. The number of hydrogen-bond donors (Lipinski definition) is 0. The van der Waals surface area contributed by atoms with Crippen LogP contribution in [0.3, 0.4) is 0 Å². The zero-order valence-electron chi connectivity index (χ0n) is 15.3. The molecule has 0 aromatic heterocycles. The van der Waals surface area contributed by atoms with Crippen LogP contribution in [0.15, 0.2) is 76.6 Å². The summed E-state index contributed by atoms with van der Waals surface area (Å²) in [6.45, 7) is 2.81. The molecule has 4 nitrogen and oxygen atoms in total. The van der Waals surface area contributed by atoms with E-state index in [4.69, 9.17) is 0 Å². The van der Waals surface area contributed by atoms with Gasteiger partial charge < -0.3 is 9.80 Å². The van der Waals surface area contributed by atoms with Crippen LogP contribution in [0.2, 0.25) is 0 Å². The number of benzene rings is 2. The van der Waals surface area contributed by atoms with Gasteiger partial charge in [-0.15, -0.1) is 0 Å². The minimum Gasteiger partial charge on any atom is -0.366 e. The number of allylic oxidation sites excluding steroid dienone is 2. The fourth-order valence-electron chi connectivity index (χ4n) is 3.20. The number of piperazine rings is 1. The first kappa shape index (κ1) is 18.5. The summed E-state index contributed by atoms with van der Waals surface area (Å²) in [4.78, 5) is 21.2. The summed E-state index contributed by atoms with van der Waals surface area (Å²) in [5.74, 6) is -0.400. The number of nitrogens with zero attached hydrogens (tertiary/aromatic N) is 3. The average molecular weight is 393 g/mol. The first-order valence-corrected chi connectivity index (χ1v) is 10.0. The van der Waals surface area contributed by atoms with Gasteiger partial charge in [0.25, 0.3) is 5.91 Å². The molecule has 6 heteroatoms. The van der Waals surface area contributed by atoms with Crippen LogP contribution in [0.1, 0.15) is 5.56 Å². The van der Waals surface area contributed by atoms with Gasteiger partial charge in [-0.05, 0) is 35.5 Å². The molecule has 2 aliphatic rings. The first-order valence-electron chi connectivity index (χ1n) is 9.19. The number of thioether (sulfide) groups is 1. The van der Waals surface area contributed by atoms with Crippen molar-refractivity contribution in [1.29, 1.82) is 0 Å². The number of amidine groups is 1. The normalized spacial score (nSPS) is 19.0. The van der Waals surface area contributed by atoms with Gasteiger partial charge in [0.2, 0.25) is 0 Å². The second kappa shape index (κ2) is 8.44. The largest absolute Gasteiger partial charge is 0.366 e. The van der Waals surface area contributed by atoms with Gasteiger partial charge >= 0.3 is 0 Å². The molecule has 142 valence electrons. The smallest absolute Gasteiger partial charge is 0.286 e. The van der Waals surface area contributed by atoms with Crippen LogP contribution in [0.25, 0.3) is 6.08 Å². The number of para-hydroxylation sites is 1. The van der Waals surface area contributed by atoms with Gasteiger partial charge in [0.1, 0.15) is 5.82 Å². The van der Waals surface area contributed by atoms with Crippen LogP contribution < -0.4 is 4.90 Å². The predicted octanol–water partition coefficient (Wildman–Crippen LogP) is 4.17. The fraction of sp³-hybridized carbons (Fsp3) is 0.182. The number of carbonyl (C=O) groups is 1. The molecule has 0 saturated carbocycles. The van der Waals surface area contributed by atoms with Crippen LogP contribution in [0.5, 0.6) is 0 Å². The average Bonchev–Trinajstić information content (AvgIpc) is 3.10. The van der Waals surface area contributed by atoms with E-state index in [0.717, 1.165) is 10.7 Å². The molecule has 28 heavy (non-hydrogen) atoms. The highest BCUT2D eigenvalue weighted by Crippen LogP contribution is 2.30. The van der Waals surface area contributed by atoms with E-state index in [-0.39, 0.29) is 11.7 Å². The summed E-state index contributed by atoms with van der Waals surface area (Å²) < 4.78 is 14.0. The Morgan fingerprint density at radius 3 is 2.36 bits per heavy atom. The summed E-state index contributed by atoms with van der Waals surface area (Å²) in [6, 6.07) is 16.8. The molecule has 2 heterocycles. The fourth-order valence-corrected chi connectivity index (χ4v) is 4.12. The Bertz CT molecular complexity index is 947. The van der Waals surface area contributed by atoms with Crippen LogP contribution in [0.4, 0.5) is 10.1 Å². The number of aliphatic imine (C=N–C) groups is 1. The molecule has 4 rings (SSSR count). The molecule has 1 amide bonds. The third kappa shape index (κ3) is 4.17. The molecular weight excluding hydrogens is 373 g/mol. The van der Waals surface area contributed by atoms with Crippen molar-refractivity contribution in [1.82, 2.24) is 4.90 Å². The summed E-state index contributed by atoms with van der Waals surface area (Å²) in [6.07, 6.45) is 5.66. The third-order valence-corrected chi connectivity index (χ3v) is 5.75.